The lowest BCUT2D eigenvalue weighted by Gasteiger charge is -2.13. The molecule has 1 fully saturated rings. The maximum atomic E-state index is 12.0. The minimum atomic E-state index is -0.0875. The van der Waals surface area contributed by atoms with Crippen molar-refractivity contribution < 1.29 is 5.11 Å². The number of benzene rings is 1. The summed E-state index contributed by atoms with van der Waals surface area (Å²) in [5.41, 5.74) is 1.49. The number of phenols is 1. The highest BCUT2D eigenvalue weighted by molar-refractivity contribution is 5.76. The molecule has 19 heavy (non-hydrogen) atoms. The smallest absolute Gasteiger partial charge is 0.326 e. The second-order valence-corrected chi connectivity index (χ2v) is 5.29. The van der Waals surface area contributed by atoms with Gasteiger partial charge in [0.2, 0.25) is 0 Å². The molecule has 0 saturated carbocycles. The SMILES string of the molecule is CCN1CCC(Cn2c(=O)[nH]c3cc(O)ccc32)C1. The number of aromatic amines is 1. The first-order valence-corrected chi connectivity index (χ1v) is 6.81. The Morgan fingerprint density at radius 2 is 2.32 bits per heavy atom. The molecule has 5 heteroatoms. The fourth-order valence-electron chi connectivity index (χ4n) is 2.94. The third-order valence-electron chi connectivity index (χ3n) is 4.02. The Hall–Kier alpha value is -1.75. The normalized spacial score (nSPS) is 20.4. The molecule has 0 bridgehead atoms. The highest BCUT2D eigenvalue weighted by atomic mass is 16.3. The molecule has 1 aromatic carbocycles. The van der Waals surface area contributed by atoms with Gasteiger partial charge in [-0.1, -0.05) is 6.92 Å². The van der Waals surface area contributed by atoms with Gasteiger partial charge in [0.25, 0.3) is 0 Å². The van der Waals surface area contributed by atoms with Gasteiger partial charge in [0, 0.05) is 19.2 Å². The van der Waals surface area contributed by atoms with Crippen molar-refractivity contribution in [2.24, 2.45) is 5.92 Å². The van der Waals surface area contributed by atoms with Crippen LogP contribution in [0, 0.1) is 5.92 Å². The fourth-order valence-corrected chi connectivity index (χ4v) is 2.94. The van der Waals surface area contributed by atoms with E-state index in [2.05, 4.69) is 16.8 Å². The molecule has 1 aliphatic rings. The van der Waals surface area contributed by atoms with Gasteiger partial charge in [0.1, 0.15) is 5.75 Å². The van der Waals surface area contributed by atoms with Crippen LogP contribution in [0.4, 0.5) is 0 Å². The number of fused-ring (bicyclic) bond motifs is 1. The Balaban J connectivity index is 1.89. The fraction of sp³-hybridized carbons (Fsp3) is 0.500. The van der Waals surface area contributed by atoms with Crippen LogP contribution >= 0.6 is 0 Å². The molecular weight excluding hydrogens is 242 g/mol. The summed E-state index contributed by atoms with van der Waals surface area (Å²) in [6, 6.07) is 5.02. The van der Waals surface area contributed by atoms with Crippen molar-refractivity contribution in [3.8, 4) is 5.75 Å². The van der Waals surface area contributed by atoms with E-state index in [0.717, 1.165) is 38.1 Å². The lowest BCUT2D eigenvalue weighted by molar-refractivity contribution is 0.333. The van der Waals surface area contributed by atoms with Crippen LogP contribution in [0.25, 0.3) is 11.0 Å². The minimum Gasteiger partial charge on any atom is -0.508 e. The van der Waals surface area contributed by atoms with Gasteiger partial charge in [-0.25, -0.2) is 4.79 Å². The molecule has 1 atom stereocenters. The third-order valence-corrected chi connectivity index (χ3v) is 4.02. The number of nitrogens with one attached hydrogen (secondary N) is 1. The Bertz CT molecular complexity index is 644. The van der Waals surface area contributed by atoms with Crippen molar-refractivity contribution in [2.45, 2.75) is 19.9 Å². The Labute approximate surface area is 111 Å². The first kappa shape index (κ1) is 12.3. The van der Waals surface area contributed by atoms with Crippen LogP contribution in [0.1, 0.15) is 13.3 Å². The zero-order chi connectivity index (χ0) is 13.4. The summed E-state index contributed by atoms with van der Waals surface area (Å²) in [5, 5.41) is 9.44. The van der Waals surface area contributed by atoms with Crippen molar-refractivity contribution in [3.63, 3.8) is 0 Å². The Morgan fingerprint density at radius 1 is 1.47 bits per heavy atom. The van der Waals surface area contributed by atoms with Crippen molar-refractivity contribution in [3.05, 3.63) is 28.7 Å². The molecule has 2 heterocycles. The molecule has 102 valence electrons. The Morgan fingerprint density at radius 3 is 3.05 bits per heavy atom. The van der Waals surface area contributed by atoms with Crippen LogP contribution in [0.3, 0.4) is 0 Å². The molecule has 0 radical (unpaired) electrons. The van der Waals surface area contributed by atoms with Gasteiger partial charge in [0.05, 0.1) is 11.0 Å². The maximum absolute atomic E-state index is 12.0. The number of hydrogen-bond acceptors (Lipinski definition) is 3. The van der Waals surface area contributed by atoms with Gasteiger partial charge in [-0.3, -0.25) is 4.57 Å². The molecule has 0 aliphatic carbocycles. The predicted octanol–water partition coefficient (Wildman–Crippen LogP) is 1.38. The van der Waals surface area contributed by atoms with Crippen molar-refractivity contribution >= 4 is 11.0 Å². The van der Waals surface area contributed by atoms with Gasteiger partial charge in [0.15, 0.2) is 0 Å². The van der Waals surface area contributed by atoms with E-state index in [-0.39, 0.29) is 11.4 Å². The largest absolute Gasteiger partial charge is 0.508 e. The number of nitrogens with zero attached hydrogens (tertiary/aromatic N) is 2. The first-order chi connectivity index (χ1) is 9.17. The van der Waals surface area contributed by atoms with Crippen LogP contribution in [0.15, 0.2) is 23.0 Å². The topological polar surface area (TPSA) is 61.3 Å². The summed E-state index contributed by atoms with van der Waals surface area (Å²) in [6.45, 7) is 6.18. The number of likely N-dealkylation sites (tertiary alicyclic amines) is 1. The molecule has 1 aromatic heterocycles. The predicted molar refractivity (Wildman–Crippen MR) is 74.4 cm³/mol. The second kappa shape index (κ2) is 4.74. The molecule has 2 aromatic rings. The number of imidazole rings is 1. The summed E-state index contributed by atoms with van der Waals surface area (Å²) in [6.07, 6.45) is 1.14. The summed E-state index contributed by atoms with van der Waals surface area (Å²) < 4.78 is 1.79. The number of rotatable bonds is 3. The standard InChI is InChI=1S/C14H19N3O2/c1-2-16-6-5-10(8-16)9-17-13-4-3-11(18)7-12(13)15-14(17)19/h3-4,7,10,18H,2,5-6,8-9H2,1H3,(H,15,19). The summed E-state index contributed by atoms with van der Waals surface area (Å²) in [4.78, 5) is 17.2. The van der Waals surface area contributed by atoms with Crippen molar-refractivity contribution in [1.29, 1.82) is 0 Å². The van der Waals surface area contributed by atoms with E-state index in [1.807, 2.05) is 0 Å². The summed E-state index contributed by atoms with van der Waals surface area (Å²) >= 11 is 0. The van der Waals surface area contributed by atoms with E-state index in [9.17, 15) is 9.90 Å². The van der Waals surface area contributed by atoms with Crippen LogP contribution in [0.5, 0.6) is 5.75 Å². The Kier molecular flexibility index (Phi) is 3.06. The maximum Gasteiger partial charge on any atom is 0.326 e. The number of phenolic OH excluding ortho intramolecular Hbond substituents is 1. The van der Waals surface area contributed by atoms with E-state index in [4.69, 9.17) is 0 Å². The average molecular weight is 261 g/mol. The van der Waals surface area contributed by atoms with Gasteiger partial charge in [-0.2, -0.15) is 0 Å². The van der Waals surface area contributed by atoms with E-state index >= 15 is 0 Å². The van der Waals surface area contributed by atoms with Gasteiger partial charge < -0.3 is 15.0 Å². The zero-order valence-electron chi connectivity index (χ0n) is 11.1. The van der Waals surface area contributed by atoms with E-state index < -0.39 is 0 Å². The highest BCUT2D eigenvalue weighted by Crippen LogP contribution is 2.21. The van der Waals surface area contributed by atoms with Crippen LogP contribution < -0.4 is 5.69 Å². The molecule has 1 saturated heterocycles. The monoisotopic (exact) mass is 261 g/mol. The van der Waals surface area contributed by atoms with Crippen LogP contribution in [-0.2, 0) is 6.54 Å². The van der Waals surface area contributed by atoms with E-state index in [1.54, 1.807) is 22.8 Å². The molecule has 5 nitrogen and oxygen atoms in total. The highest BCUT2D eigenvalue weighted by Gasteiger charge is 2.22. The zero-order valence-corrected chi connectivity index (χ0v) is 11.1. The lowest BCUT2D eigenvalue weighted by atomic mass is 10.1. The number of aromatic nitrogens is 2. The minimum absolute atomic E-state index is 0.0875. The van der Waals surface area contributed by atoms with E-state index in [0.29, 0.717) is 11.4 Å². The summed E-state index contributed by atoms with van der Waals surface area (Å²) in [5.74, 6) is 0.712. The van der Waals surface area contributed by atoms with Gasteiger partial charge >= 0.3 is 5.69 Å². The molecule has 1 unspecified atom stereocenters. The second-order valence-electron chi connectivity index (χ2n) is 5.29. The molecule has 3 rings (SSSR count). The quantitative estimate of drug-likeness (QED) is 0.877. The van der Waals surface area contributed by atoms with Gasteiger partial charge in [-0.05, 0) is 37.6 Å². The molecule has 0 amide bonds. The number of aromatic hydroxyl groups is 1. The lowest BCUT2D eigenvalue weighted by Crippen LogP contribution is -2.24. The van der Waals surface area contributed by atoms with E-state index in [1.165, 1.54) is 0 Å². The van der Waals surface area contributed by atoms with Crippen molar-refractivity contribution in [1.82, 2.24) is 14.5 Å². The third kappa shape index (κ3) is 2.26. The molecule has 0 spiro atoms. The molecular formula is C14H19N3O2. The van der Waals surface area contributed by atoms with Crippen molar-refractivity contribution in [2.75, 3.05) is 19.6 Å². The van der Waals surface area contributed by atoms with Crippen LogP contribution in [0.2, 0.25) is 0 Å². The van der Waals surface area contributed by atoms with Gasteiger partial charge in [-0.15, -0.1) is 0 Å². The molecule has 2 N–H and O–H groups in total. The van der Waals surface area contributed by atoms with Crippen LogP contribution in [-0.4, -0.2) is 39.2 Å². The first-order valence-electron chi connectivity index (χ1n) is 6.81. The number of H-pyrrole nitrogens is 1. The number of hydrogen-bond donors (Lipinski definition) is 2. The average Bonchev–Trinajstić information content (AvgIpc) is 2.95. The molecule has 1 aliphatic heterocycles. The summed E-state index contributed by atoms with van der Waals surface area (Å²) in [7, 11) is 0.